The van der Waals surface area contributed by atoms with Crippen LogP contribution in [0, 0.1) is 0 Å². The maximum atomic E-state index is 11.3. The fourth-order valence-corrected chi connectivity index (χ4v) is 1.67. The molecule has 0 aromatic heterocycles. The molecule has 1 heterocycles. The molecule has 17 heavy (non-hydrogen) atoms. The first-order chi connectivity index (χ1) is 8.18. The summed E-state index contributed by atoms with van der Waals surface area (Å²) in [4.78, 5) is 11.3. The van der Waals surface area contributed by atoms with Crippen LogP contribution in [-0.2, 0) is 14.3 Å². The molecule has 1 amide bonds. The van der Waals surface area contributed by atoms with E-state index in [0.717, 1.165) is 25.9 Å². The molecule has 0 aromatic carbocycles. The van der Waals surface area contributed by atoms with Crippen molar-refractivity contribution in [2.24, 2.45) is 0 Å². The fraction of sp³-hybridized carbons (Fsp3) is 0.917. The second-order valence-corrected chi connectivity index (χ2v) is 4.53. The van der Waals surface area contributed by atoms with Gasteiger partial charge < -0.3 is 20.1 Å². The third-order valence-electron chi connectivity index (χ3n) is 2.61. The molecule has 0 aliphatic carbocycles. The van der Waals surface area contributed by atoms with Gasteiger partial charge in [0.15, 0.2) is 0 Å². The molecule has 5 nitrogen and oxygen atoms in total. The molecule has 0 radical (unpaired) electrons. The Labute approximate surface area is 103 Å². The molecule has 2 N–H and O–H groups in total. The molecule has 1 aliphatic heterocycles. The Morgan fingerprint density at radius 1 is 1.41 bits per heavy atom. The zero-order valence-corrected chi connectivity index (χ0v) is 10.8. The van der Waals surface area contributed by atoms with Crippen molar-refractivity contribution in [3.05, 3.63) is 0 Å². The summed E-state index contributed by atoms with van der Waals surface area (Å²) < 4.78 is 10.9. The summed E-state index contributed by atoms with van der Waals surface area (Å²) in [5, 5.41) is 6.06. The molecule has 1 saturated heterocycles. The average molecular weight is 244 g/mol. The van der Waals surface area contributed by atoms with E-state index in [1.807, 2.05) is 13.8 Å². The summed E-state index contributed by atoms with van der Waals surface area (Å²) in [6.45, 7) is 7.15. The number of hydrogen-bond donors (Lipinski definition) is 2. The largest absolute Gasteiger partial charge is 0.376 e. The average Bonchev–Trinajstić information content (AvgIpc) is 2.33. The summed E-state index contributed by atoms with van der Waals surface area (Å²) in [5.41, 5.74) is 0. The third-order valence-corrected chi connectivity index (χ3v) is 2.61. The van der Waals surface area contributed by atoms with E-state index < -0.39 is 0 Å². The Hall–Kier alpha value is -0.650. The van der Waals surface area contributed by atoms with Crippen LogP contribution >= 0.6 is 0 Å². The second kappa shape index (κ2) is 8.44. The van der Waals surface area contributed by atoms with Gasteiger partial charge in [0.25, 0.3) is 0 Å². The lowest BCUT2D eigenvalue weighted by atomic mass is 10.1. The van der Waals surface area contributed by atoms with Crippen molar-refractivity contribution < 1.29 is 14.3 Å². The van der Waals surface area contributed by atoms with Gasteiger partial charge in [-0.2, -0.15) is 0 Å². The molecule has 1 aliphatic rings. The summed E-state index contributed by atoms with van der Waals surface area (Å²) in [6, 6.07) is 0. The summed E-state index contributed by atoms with van der Waals surface area (Å²) in [7, 11) is 0. The molecule has 0 unspecified atom stereocenters. The van der Waals surface area contributed by atoms with E-state index in [0.29, 0.717) is 19.3 Å². The summed E-state index contributed by atoms with van der Waals surface area (Å²) in [5.74, 6) is -0.0763. The van der Waals surface area contributed by atoms with Crippen molar-refractivity contribution in [3.8, 4) is 0 Å². The number of nitrogens with one attached hydrogen (secondary N) is 2. The Bertz CT molecular complexity index is 216. The van der Waals surface area contributed by atoms with E-state index in [2.05, 4.69) is 10.6 Å². The molecule has 0 spiro atoms. The van der Waals surface area contributed by atoms with Crippen LogP contribution in [0.15, 0.2) is 0 Å². The van der Waals surface area contributed by atoms with E-state index in [1.54, 1.807) is 0 Å². The monoisotopic (exact) mass is 244 g/mol. The van der Waals surface area contributed by atoms with Crippen LogP contribution in [0.5, 0.6) is 0 Å². The first-order valence-electron chi connectivity index (χ1n) is 6.39. The normalized spacial score (nSPS) is 17.4. The predicted molar refractivity (Wildman–Crippen MR) is 65.9 cm³/mol. The van der Waals surface area contributed by atoms with Gasteiger partial charge in [-0.1, -0.05) is 0 Å². The Morgan fingerprint density at radius 2 is 2.12 bits per heavy atom. The number of hydrogen-bond acceptors (Lipinski definition) is 4. The van der Waals surface area contributed by atoms with Crippen LogP contribution in [0.3, 0.4) is 0 Å². The molecular formula is C12H24N2O3. The zero-order valence-electron chi connectivity index (χ0n) is 10.8. The van der Waals surface area contributed by atoms with Crippen LogP contribution in [-0.4, -0.2) is 51.0 Å². The first-order valence-corrected chi connectivity index (χ1v) is 6.39. The summed E-state index contributed by atoms with van der Waals surface area (Å²) in [6.07, 6.45) is 2.56. The van der Waals surface area contributed by atoms with Gasteiger partial charge in [-0.3, -0.25) is 4.79 Å². The molecule has 1 fully saturated rings. The second-order valence-electron chi connectivity index (χ2n) is 4.53. The van der Waals surface area contributed by atoms with Crippen molar-refractivity contribution in [1.29, 1.82) is 0 Å². The molecule has 5 heteroatoms. The van der Waals surface area contributed by atoms with Crippen LogP contribution < -0.4 is 10.6 Å². The minimum absolute atomic E-state index is 0.0763. The number of piperidine rings is 1. The highest BCUT2D eigenvalue weighted by Crippen LogP contribution is 2.06. The number of ether oxygens (including phenoxy) is 2. The number of rotatable bonds is 7. The van der Waals surface area contributed by atoms with Crippen molar-refractivity contribution in [3.63, 3.8) is 0 Å². The maximum Gasteiger partial charge on any atom is 0.246 e. The standard InChI is InChI=1S/C12H24N2O3/c1-10(2)17-9-12(15)14-7-8-16-11-3-5-13-6-4-11/h10-11,13H,3-9H2,1-2H3,(H,14,15). The molecular weight excluding hydrogens is 220 g/mol. The summed E-state index contributed by atoms with van der Waals surface area (Å²) >= 11 is 0. The SMILES string of the molecule is CC(C)OCC(=O)NCCOC1CCNCC1. The van der Waals surface area contributed by atoms with Crippen LogP contribution in [0.2, 0.25) is 0 Å². The Balaban J connectivity index is 1.94. The molecule has 0 aromatic rings. The van der Waals surface area contributed by atoms with E-state index in [4.69, 9.17) is 9.47 Å². The quantitative estimate of drug-likeness (QED) is 0.632. The van der Waals surface area contributed by atoms with Gasteiger partial charge >= 0.3 is 0 Å². The highest BCUT2D eigenvalue weighted by atomic mass is 16.5. The molecule has 1 rings (SSSR count). The van der Waals surface area contributed by atoms with Gasteiger partial charge in [0.1, 0.15) is 6.61 Å². The Kier molecular flexibility index (Phi) is 7.16. The van der Waals surface area contributed by atoms with Crippen molar-refractivity contribution in [2.75, 3.05) is 32.8 Å². The minimum atomic E-state index is -0.0763. The minimum Gasteiger partial charge on any atom is -0.376 e. The topological polar surface area (TPSA) is 59.6 Å². The van der Waals surface area contributed by atoms with E-state index in [9.17, 15) is 4.79 Å². The van der Waals surface area contributed by atoms with Crippen LogP contribution in [0.1, 0.15) is 26.7 Å². The van der Waals surface area contributed by atoms with E-state index >= 15 is 0 Å². The van der Waals surface area contributed by atoms with Gasteiger partial charge in [-0.25, -0.2) is 0 Å². The lowest BCUT2D eigenvalue weighted by Gasteiger charge is -2.22. The zero-order chi connectivity index (χ0) is 12.5. The maximum absolute atomic E-state index is 11.3. The molecule has 0 bridgehead atoms. The highest BCUT2D eigenvalue weighted by molar-refractivity contribution is 5.77. The molecule has 0 atom stereocenters. The van der Waals surface area contributed by atoms with Gasteiger partial charge in [0.2, 0.25) is 5.91 Å². The number of amides is 1. The predicted octanol–water partition coefficient (Wildman–Crippen LogP) is 0.296. The van der Waals surface area contributed by atoms with E-state index in [1.165, 1.54) is 0 Å². The fourth-order valence-electron chi connectivity index (χ4n) is 1.67. The van der Waals surface area contributed by atoms with Crippen LogP contribution in [0.25, 0.3) is 0 Å². The third kappa shape index (κ3) is 7.31. The lowest BCUT2D eigenvalue weighted by Crippen LogP contribution is -2.35. The van der Waals surface area contributed by atoms with Gasteiger partial charge in [0, 0.05) is 6.54 Å². The number of carbonyl (C=O) groups is 1. The van der Waals surface area contributed by atoms with E-state index in [-0.39, 0.29) is 18.6 Å². The highest BCUT2D eigenvalue weighted by Gasteiger charge is 2.12. The van der Waals surface area contributed by atoms with Crippen molar-refractivity contribution in [1.82, 2.24) is 10.6 Å². The van der Waals surface area contributed by atoms with Gasteiger partial charge in [0.05, 0.1) is 18.8 Å². The van der Waals surface area contributed by atoms with Crippen LogP contribution in [0.4, 0.5) is 0 Å². The van der Waals surface area contributed by atoms with Gasteiger partial charge in [-0.05, 0) is 39.8 Å². The number of carbonyl (C=O) groups excluding carboxylic acids is 1. The Morgan fingerprint density at radius 3 is 2.76 bits per heavy atom. The van der Waals surface area contributed by atoms with Gasteiger partial charge in [-0.15, -0.1) is 0 Å². The first kappa shape index (κ1) is 14.4. The smallest absolute Gasteiger partial charge is 0.246 e. The molecule has 0 saturated carbocycles. The lowest BCUT2D eigenvalue weighted by molar-refractivity contribution is -0.127. The van der Waals surface area contributed by atoms with Crippen molar-refractivity contribution >= 4 is 5.91 Å². The van der Waals surface area contributed by atoms with Crippen molar-refractivity contribution in [2.45, 2.75) is 38.9 Å². The molecule has 100 valence electrons.